The van der Waals surface area contributed by atoms with Crippen LogP contribution in [0.2, 0.25) is 0 Å². The highest BCUT2D eigenvalue weighted by Gasteiger charge is 2.10. The first-order valence-corrected chi connectivity index (χ1v) is 7.59. The van der Waals surface area contributed by atoms with E-state index in [-0.39, 0.29) is 6.54 Å². The maximum Gasteiger partial charge on any atom is 0.158 e. The van der Waals surface area contributed by atoms with E-state index in [1.807, 2.05) is 35.0 Å². The summed E-state index contributed by atoms with van der Waals surface area (Å²) in [5.74, 6) is 0. The lowest BCUT2D eigenvalue weighted by Gasteiger charge is -2.18. The van der Waals surface area contributed by atoms with Crippen LogP contribution < -0.4 is 5.11 Å². The molecule has 0 unspecified atom stereocenters. The lowest BCUT2D eigenvalue weighted by Crippen LogP contribution is -2.38. The Bertz CT molecular complexity index is 547. The highest BCUT2D eigenvalue weighted by molar-refractivity contribution is 7.12. The van der Waals surface area contributed by atoms with E-state index in [0.717, 1.165) is 20.5 Å². The molecule has 0 radical (unpaired) electrons. The van der Waals surface area contributed by atoms with Crippen molar-refractivity contribution in [2.75, 3.05) is 6.54 Å². The Morgan fingerprint density at radius 2 is 2.05 bits per heavy atom. The highest BCUT2D eigenvalue weighted by atomic mass is 32.1. The molecule has 0 aliphatic rings. The van der Waals surface area contributed by atoms with E-state index in [0.29, 0.717) is 6.42 Å². The number of hydrazone groups is 1. The molecule has 2 heterocycles. The Balaban J connectivity index is 2.29. The lowest BCUT2D eigenvalue weighted by molar-refractivity contribution is -0.265. The fourth-order valence-electron chi connectivity index (χ4n) is 1.58. The molecule has 2 rings (SSSR count). The number of carbonyl (C=O) groups is 1. The summed E-state index contributed by atoms with van der Waals surface area (Å²) in [5, 5.41) is 20.1. The molecule has 19 heavy (non-hydrogen) atoms. The van der Waals surface area contributed by atoms with Gasteiger partial charge in [0.15, 0.2) is 6.09 Å². The number of thiophene rings is 2. The van der Waals surface area contributed by atoms with Gasteiger partial charge in [0.2, 0.25) is 0 Å². The van der Waals surface area contributed by atoms with Gasteiger partial charge in [-0.25, -0.2) is 5.01 Å². The van der Waals surface area contributed by atoms with Gasteiger partial charge in [0, 0.05) is 17.8 Å². The first-order valence-electron chi connectivity index (χ1n) is 5.83. The van der Waals surface area contributed by atoms with Crippen LogP contribution in [0, 0.1) is 0 Å². The van der Waals surface area contributed by atoms with Gasteiger partial charge in [0.05, 0.1) is 10.6 Å². The molecule has 0 spiro atoms. The second-order valence-corrected chi connectivity index (χ2v) is 5.74. The molecule has 0 fully saturated rings. The predicted molar refractivity (Wildman–Crippen MR) is 76.7 cm³/mol. The third kappa shape index (κ3) is 3.65. The molecule has 0 aliphatic heterocycles. The van der Waals surface area contributed by atoms with Crippen LogP contribution in [0.3, 0.4) is 0 Å². The smallest absolute Gasteiger partial charge is 0.158 e. The Morgan fingerprint density at radius 3 is 2.58 bits per heavy atom. The zero-order valence-electron chi connectivity index (χ0n) is 10.4. The molecule has 100 valence electrons. The van der Waals surface area contributed by atoms with Crippen molar-refractivity contribution in [2.45, 2.75) is 13.3 Å². The summed E-state index contributed by atoms with van der Waals surface area (Å²) < 4.78 is 0. The van der Waals surface area contributed by atoms with Crippen molar-refractivity contribution in [3.8, 4) is 0 Å². The standard InChI is InChI=1S/C13H14N2O2S2/c1-2-15(13(16)17)14-11(12-6-4-8-19-12)9-10-5-3-7-18-10/h3-8H,2,9H2,1H3,(H,16,17)/p-1. The molecule has 0 N–H and O–H groups in total. The van der Waals surface area contributed by atoms with E-state index < -0.39 is 6.09 Å². The van der Waals surface area contributed by atoms with E-state index in [9.17, 15) is 9.90 Å². The normalized spacial score (nSPS) is 11.5. The van der Waals surface area contributed by atoms with Crippen molar-refractivity contribution in [3.05, 3.63) is 44.8 Å². The summed E-state index contributed by atoms with van der Waals surface area (Å²) in [5.41, 5.74) is 0.753. The molecule has 4 nitrogen and oxygen atoms in total. The van der Waals surface area contributed by atoms with Crippen LogP contribution in [0.15, 0.2) is 40.1 Å². The van der Waals surface area contributed by atoms with Gasteiger partial charge in [-0.3, -0.25) is 0 Å². The minimum atomic E-state index is -1.28. The van der Waals surface area contributed by atoms with Gasteiger partial charge in [-0.2, -0.15) is 5.10 Å². The first-order chi connectivity index (χ1) is 9.20. The summed E-state index contributed by atoms with van der Waals surface area (Å²) in [7, 11) is 0. The van der Waals surface area contributed by atoms with Crippen LogP contribution >= 0.6 is 22.7 Å². The number of hydrogen-bond acceptors (Lipinski definition) is 5. The van der Waals surface area contributed by atoms with E-state index in [2.05, 4.69) is 5.10 Å². The van der Waals surface area contributed by atoms with Gasteiger partial charge in [-0.1, -0.05) is 12.1 Å². The third-order valence-electron chi connectivity index (χ3n) is 2.48. The molecule has 0 aromatic carbocycles. The van der Waals surface area contributed by atoms with Crippen molar-refractivity contribution >= 4 is 34.5 Å². The van der Waals surface area contributed by atoms with Crippen molar-refractivity contribution in [1.82, 2.24) is 5.01 Å². The van der Waals surface area contributed by atoms with Gasteiger partial charge in [0.1, 0.15) is 0 Å². The quantitative estimate of drug-likeness (QED) is 0.628. The molecule has 1 amide bonds. The zero-order chi connectivity index (χ0) is 13.7. The van der Waals surface area contributed by atoms with Crippen molar-refractivity contribution in [2.24, 2.45) is 5.10 Å². The number of carbonyl (C=O) groups excluding carboxylic acids is 1. The zero-order valence-corrected chi connectivity index (χ0v) is 12.0. The maximum absolute atomic E-state index is 11.0. The molecule has 0 aliphatic carbocycles. The van der Waals surface area contributed by atoms with Gasteiger partial charge >= 0.3 is 0 Å². The SMILES string of the molecule is CCN(N=C(Cc1cccs1)c1cccs1)C(=O)[O-]. The average molecular weight is 293 g/mol. The second kappa shape index (κ2) is 6.49. The van der Waals surface area contributed by atoms with Gasteiger partial charge in [-0.15, -0.1) is 22.7 Å². The van der Waals surface area contributed by atoms with Crippen molar-refractivity contribution in [1.29, 1.82) is 0 Å². The third-order valence-corrected chi connectivity index (χ3v) is 4.27. The van der Waals surface area contributed by atoms with Gasteiger partial charge in [0.25, 0.3) is 0 Å². The molecule has 0 saturated carbocycles. The minimum Gasteiger partial charge on any atom is -0.529 e. The summed E-state index contributed by atoms with van der Waals surface area (Å²) in [6.45, 7) is 2.01. The van der Waals surface area contributed by atoms with Crippen molar-refractivity contribution in [3.63, 3.8) is 0 Å². The van der Waals surface area contributed by atoms with Crippen LogP contribution in [-0.2, 0) is 6.42 Å². The second-order valence-electron chi connectivity index (χ2n) is 3.76. The molecule has 0 bridgehead atoms. The minimum absolute atomic E-state index is 0.279. The number of rotatable bonds is 5. The highest BCUT2D eigenvalue weighted by Crippen LogP contribution is 2.17. The van der Waals surface area contributed by atoms with Crippen LogP contribution in [0.25, 0.3) is 0 Å². The summed E-state index contributed by atoms with van der Waals surface area (Å²) >= 11 is 3.18. The molecule has 0 atom stereocenters. The fraction of sp³-hybridized carbons (Fsp3) is 0.231. The maximum atomic E-state index is 11.0. The summed E-state index contributed by atoms with van der Waals surface area (Å²) in [6.07, 6.45) is -0.648. The van der Waals surface area contributed by atoms with Crippen LogP contribution in [0.5, 0.6) is 0 Å². The van der Waals surface area contributed by atoms with E-state index in [1.165, 1.54) is 0 Å². The number of hydrogen-bond donors (Lipinski definition) is 0. The summed E-state index contributed by atoms with van der Waals surface area (Å²) in [6, 6.07) is 7.87. The number of carboxylic acid groups (broad SMARTS) is 1. The molecule has 0 saturated heterocycles. The molecule has 6 heteroatoms. The monoisotopic (exact) mass is 293 g/mol. The molecular weight excluding hydrogens is 280 g/mol. The number of amides is 1. The molecular formula is C13H13N2O2S2-. The fourth-order valence-corrected chi connectivity index (χ4v) is 3.00. The lowest BCUT2D eigenvalue weighted by atomic mass is 10.2. The molecule has 2 aromatic rings. The van der Waals surface area contributed by atoms with E-state index in [1.54, 1.807) is 29.6 Å². The Morgan fingerprint density at radius 1 is 1.32 bits per heavy atom. The van der Waals surface area contributed by atoms with Crippen LogP contribution in [0.4, 0.5) is 4.79 Å². The summed E-state index contributed by atoms with van der Waals surface area (Å²) in [4.78, 5) is 13.1. The molecule has 2 aromatic heterocycles. The Hall–Kier alpha value is -1.66. The van der Waals surface area contributed by atoms with Crippen LogP contribution in [-0.4, -0.2) is 23.4 Å². The van der Waals surface area contributed by atoms with Gasteiger partial charge in [-0.05, 0) is 29.8 Å². The topological polar surface area (TPSA) is 55.7 Å². The number of nitrogens with zero attached hydrogens (tertiary/aromatic N) is 2. The van der Waals surface area contributed by atoms with Gasteiger partial charge < -0.3 is 9.90 Å². The van der Waals surface area contributed by atoms with E-state index >= 15 is 0 Å². The average Bonchev–Trinajstić information content (AvgIpc) is 3.06. The first kappa shape index (κ1) is 13.8. The Kier molecular flexibility index (Phi) is 4.70. The van der Waals surface area contributed by atoms with E-state index in [4.69, 9.17) is 0 Å². The van der Waals surface area contributed by atoms with Crippen molar-refractivity contribution < 1.29 is 9.90 Å². The largest absolute Gasteiger partial charge is 0.529 e. The Labute approximate surface area is 119 Å². The van der Waals surface area contributed by atoms with Crippen LogP contribution in [0.1, 0.15) is 16.7 Å². The predicted octanol–water partition coefficient (Wildman–Crippen LogP) is 2.42.